The number of aromatic nitrogens is 2. The van der Waals surface area contributed by atoms with Crippen LogP contribution in [0.2, 0.25) is 0 Å². The van der Waals surface area contributed by atoms with Gasteiger partial charge in [-0.1, -0.05) is 0 Å². The molecule has 1 saturated carbocycles. The number of hydrogen-bond acceptors (Lipinski definition) is 4. The van der Waals surface area contributed by atoms with Gasteiger partial charge in [0.05, 0.1) is 31.0 Å². The number of rotatable bonds is 2. The van der Waals surface area contributed by atoms with Crippen LogP contribution in [-0.4, -0.2) is 22.9 Å². The van der Waals surface area contributed by atoms with E-state index in [2.05, 4.69) is 5.10 Å². The number of carbonyl (C=O) groups is 1. The third-order valence-corrected chi connectivity index (χ3v) is 3.23. The molecule has 1 aliphatic rings. The Labute approximate surface area is 94.6 Å². The molecule has 1 aromatic heterocycles. The lowest BCUT2D eigenvalue weighted by molar-refractivity contribution is -0.146. The largest absolute Gasteiger partial charge is 0.469 e. The summed E-state index contributed by atoms with van der Waals surface area (Å²) in [7, 11) is 1.45. The van der Waals surface area contributed by atoms with Crippen LogP contribution in [0, 0.1) is 5.92 Å². The van der Waals surface area contributed by atoms with E-state index in [0.29, 0.717) is 11.7 Å². The molecule has 0 aliphatic heterocycles. The minimum atomic E-state index is -0.0848. The predicted molar refractivity (Wildman–Crippen MR) is 59.7 cm³/mol. The van der Waals surface area contributed by atoms with Gasteiger partial charge < -0.3 is 10.5 Å². The predicted octanol–water partition coefficient (Wildman–Crippen LogP) is 1.37. The number of nitrogens with zero attached hydrogens (tertiary/aromatic N) is 2. The first-order chi connectivity index (χ1) is 7.70. The number of hydrogen-bond donors (Lipinski definition) is 1. The molecule has 0 unspecified atom stereocenters. The van der Waals surface area contributed by atoms with Gasteiger partial charge in [0.15, 0.2) is 0 Å². The summed E-state index contributed by atoms with van der Waals surface area (Å²) in [6, 6.07) is 0.373. The van der Waals surface area contributed by atoms with Crippen molar-refractivity contribution in [1.29, 1.82) is 0 Å². The molecular weight excluding hydrogens is 206 g/mol. The summed E-state index contributed by atoms with van der Waals surface area (Å²) < 4.78 is 6.66. The van der Waals surface area contributed by atoms with Crippen molar-refractivity contribution in [3.63, 3.8) is 0 Å². The average molecular weight is 223 g/mol. The topological polar surface area (TPSA) is 70.1 Å². The van der Waals surface area contributed by atoms with E-state index >= 15 is 0 Å². The molecule has 1 aromatic rings. The lowest BCUT2D eigenvalue weighted by Crippen LogP contribution is -2.24. The van der Waals surface area contributed by atoms with Crippen molar-refractivity contribution < 1.29 is 9.53 Å². The Kier molecular flexibility index (Phi) is 3.12. The van der Waals surface area contributed by atoms with Gasteiger partial charge >= 0.3 is 5.97 Å². The second-order valence-electron chi connectivity index (χ2n) is 4.28. The minimum absolute atomic E-state index is 0.0640. The van der Waals surface area contributed by atoms with Crippen LogP contribution in [0.15, 0.2) is 12.4 Å². The molecular formula is C11H17N3O2. The summed E-state index contributed by atoms with van der Waals surface area (Å²) in [5.41, 5.74) is 6.31. The van der Waals surface area contributed by atoms with Gasteiger partial charge in [-0.25, -0.2) is 0 Å². The third kappa shape index (κ3) is 2.18. The van der Waals surface area contributed by atoms with Gasteiger partial charge in [0.1, 0.15) is 0 Å². The van der Waals surface area contributed by atoms with Gasteiger partial charge in [-0.3, -0.25) is 9.48 Å². The summed E-state index contributed by atoms with van der Waals surface area (Å²) in [5.74, 6) is -0.0208. The second kappa shape index (κ2) is 4.55. The van der Waals surface area contributed by atoms with Gasteiger partial charge in [0.25, 0.3) is 0 Å². The number of carbonyl (C=O) groups excluding carboxylic acids is 1. The Hall–Kier alpha value is -1.52. The van der Waals surface area contributed by atoms with Crippen LogP contribution in [0.4, 0.5) is 5.69 Å². The maximum Gasteiger partial charge on any atom is 0.308 e. The van der Waals surface area contributed by atoms with E-state index in [-0.39, 0.29) is 11.9 Å². The van der Waals surface area contributed by atoms with Crippen LogP contribution in [0.3, 0.4) is 0 Å². The molecule has 0 amide bonds. The highest BCUT2D eigenvalue weighted by Gasteiger charge is 2.27. The van der Waals surface area contributed by atoms with Gasteiger partial charge in [0.2, 0.25) is 0 Å². The molecule has 0 radical (unpaired) electrons. The van der Waals surface area contributed by atoms with Crippen LogP contribution in [0.5, 0.6) is 0 Å². The summed E-state index contributed by atoms with van der Waals surface area (Å²) in [5, 5.41) is 4.20. The molecule has 1 heterocycles. The molecule has 0 atom stereocenters. The third-order valence-electron chi connectivity index (χ3n) is 3.23. The first-order valence-electron chi connectivity index (χ1n) is 5.58. The van der Waals surface area contributed by atoms with Crippen molar-refractivity contribution in [1.82, 2.24) is 9.78 Å². The van der Waals surface area contributed by atoms with Gasteiger partial charge in [-0.05, 0) is 25.7 Å². The fourth-order valence-corrected chi connectivity index (χ4v) is 2.30. The van der Waals surface area contributed by atoms with Gasteiger partial charge in [0, 0.05) is 6.20 Å². The van der Waals surface area contributed by atoms with Crippen molar-refractivity contribution >= 4 is 11.7 Å². The summed E-state index contributed by atoms with van der Waals surface area (Å²) in [6.07, 6.45) is 7.17. The van der Waals surface area contributed by atoms with Crippen molar-refractivity contribution in [2.24, 2.45) is 5.92 Å². The molecule has 88 valence electrons. The summed E-state index contributed by atoms with van der Waals surface area (Å²) in [4.78, 5) is 11.3. The number of methoxy groups -OCH3 is 1. The van der Waals surface area contributed by atoms with E-state index in [9.17, 15) is 4.79 Å². The molecule has 0 spiro atoms. The highest BCUT2D eigenvalue weighted by molar-refractivity contribution is 5.72. The Morgan fingerprint density at radius 1 is 1.50 bits per heavy atom. The number of ether oxygens (including phenoxy) is 1. The molecule has 0 saturated heterocycles. The normalized spacial score (nSPS) is 25.3. The maximum atomic E-state index is 11.3. The van der Waals surface area contributed by atoms with Crippen molar-refractivity contribution in [2.75, 3.05) is 12.8 Å². The smallest absolute Gasteiger partial charge is 0.308 e. The minimum Gasteiger partial charge on any atom is -0.469 e. The molecule has 5 nitrogen and oxygen atoms in total. The zero-order valence-electron chi connectivity index (χ0n) is 9.43. The zero-order chi connectivity index (χ0) is 11.5. The van der Waals surface area contributed by atoms with Crippen LogP contribution >= 0.6 is 0 Å². The van der Waals surface area contributed by atoms with Crippen molar-refractivity contribution in [3.05, 3.63) is 12.4 Å². The highest BCUT2D eigenvalue weighted by atomic mass is 16.5. The number of anilines is 1. The molecule has 0 bridgehead atoms. The first-order valence-corrected chi connectivity index (χ1v) is 5.58. The van der Waals surface area contributed by atoms with Gasteiger partial charge in [-0.15, -0.1) is 0 Å². The van der Waals surface area contributed by atoms with E-state index in [1.165, 1.54) is 7.11 Å². The van der Waals surface area contributed by atoms with E-state index in [1.807, 2.05) is 10.9 Å². The van der Waals surface area contributed by atoms with Crippen molar-refractivity contribution in [3.8, 4) is 0 Å². The molecule has 5 heteroatoms. The number of nitrogen functional groups attached to an aromatic ring is 1. The molecule has 0 aromatic carbocycles. The highest BCUT2D eigenvalue weighted by Crippen LogP contribution is 2.32. The summed E-state index contributed by atoms with van der Waals surface area (Å²) in [6.45, 7) is 0. The molecule has 2 N–H and O–H groups in total. The standard InChI is InChI=1S/C11H17N3O2/c1-16-11(15)8-2-4-10(5-3-8)14-7-9(12)6-13-14/h6-8,10H,2-5,12H2,1H3. The number of nitrogens with two attached hydrogens (primary N) is 1. The quantitative estimate of drug-likeness (QED) is 0.769. The SMILES string of the molecule is COC(=O)C1CCC(n2cc(N)cn2)CC1. The monoisotopic (exact) mass is 223 g/mol. The van der Waals surface area contributed by atoms with Crippen LogP contribution in [0.1, 0.15) is 31.7 Å². The maximum absolute atomic E-state index is 11.3. The fraction of sp³-hybridized carbons (Fsp3) is 0.636. The molecule has 2 rings (SSSR count). The van der Waals surface area contributed by atoms with E-state index in [0.717, 1.165) is 25.7 Å². The second-order valence-corrected chi connectivity index (χ2v) is 4.28. The first kappa shape index (κ1) is 11.0. The van der Waals surface area contributed by atoms with E-state index in [1.54, 1.807) is 6.20 Å². The lowest BCUT2D eigenvalue weighted by Gasteiger charge is -2.26. The molecule has 16 heavy (non-hydrogen) atoms. The van der Waals surface area contributed by atoms with Crippen molar-refractivity contribution in [2.45, 2.75) is 31.7 Å². The fourth-order valence-electron chi connectivity index (χ4n) is 2.30. The zero-order valence-corrected chi connectivity index (χ0v) is 9.43. The van der Waals surface area contributed by atoms with E-state index < -0.39 is 0 Å². The average Bonchev–Trinajstić information content (AvgIpc) is 2.75. The Morgan fingerprint density at radius 3 is 2.69 bits per heavy atom. The Bertz CT molecular complexity index is 367. The van der Waals surface area contributed by atoms with Crippen LogP contribution in [-0.2, 0) is 9.53 Å². The van der Waals surface area contributed by atoms with Crippen LogP contribution < -0.4 is 5.73 Å². The molecule has 1 fully saturated rings. The molecule has 1 aliphatic carbocycles. The number of esters is 1. The van der Waals surface area contributed by atoms with Crippen LogP contribution in [0.25, 0.3) is 0 Å². The Balaban J connectivity index is 1.92. The lowest BCUT2D eigenvalue weighted by atomic mass is 9.86. The Morgan fingerprint density at radius 2 is 2.19 bits per heavy atom. The summed E-state index contributed by atoms with van der Waals surface area (Å²) >= 11 is 0. The van der Waals surface area contributed by atoms with Gasteiger partial charge in [-0.2, -0.15) is 5.10 Å². The van der Waals surface area contributed by atoms with E-state index in [4.69, 9.17) is 10.5 Å².